The Labute approximate surface area is 227 Å². The standard InChI is InChI=1S/C30H26O10/c31-15-3-4-16-17(11-26(39-27(16)9-15)13-1-5-19(32)22(35)7-13)28-24(37)12-21(34)18-10-25(38)29(40-30(18)28)14-2-6-20(33)23(36)8-14/h1-9,12,17,25-26,29,31-38H,10-11H2/t17?,25-,26?,29?/m0/s1. The molecule has 0 aliphatic carbocycles. The molecule has 0 spiro atoms. The molecule has 0 aromatic heterocycles. The average molecular weight is 547 g/mol. The van der Waals surface area contributed by atoms with Gasteiger partial charge in [-0.05, 0) is 47.9 Å². The molecule has 0 saturated carbocycles. The van der Waals surface area contributed by atoms with Crippen LogP contribution in [0.15, 0.2) is 60.7 Å². The highest BCUT2D eigenvalue weighted by Crippen LogP contribution is 2.55. The Hall–Kier alpha value is -4.96. The summed E-state index contributed by atoms with van der Waals surface area (Å²) in [6, 6.07) is 14.1. The number of hydrogen-bond acceptors (Lipinski definition) is 10. The Bertz CT molecular complexity index is 1630. The minimum absolute atomic E-state index is 0.0261. The molecule has 4 atom stereocenters. The van der Waals surface area contributed by atoms with Crippen molar-refractivity contribution in [2.24, 2.45) is 0 Å². The molecule has 6 rings (SSSR count). The SMILES string of the molecule is Oc1ccc2c(c1)OC(c1ccc(O)c(O)c1)CC2c1c(O)cc(O)c2c1OC(c1ccc(O)c(O)c1)[C@@H](O)C2. The second-order valence-electron chi connectivity index (χ2n) is 10.1. The van der Waals surface area contributed by atoms with Gasteiger partial charge in [0.25, 0.3) is 0 Å². The number of fused-ring (bicyclic) bond motifs is 2. The minimum Gasteiger partial charge on any atom is -0.508 e. The lowest BCUT2D eigenvalue weighted by Crippen LogP contribution is -2.31. The monoisotopic (exact) mass is 546 g/mol. The van der Waals surface area contributed by atoms with Crippen molar-refractivity contribution < 1.29 is 50.3 Å². The fourth-order valence-electron chi connectivity index (χ4n) is 5.56. The lowest BCUT2D eigenvalue weighted by atomic mass is 9.79. The molecule has 2 heterocycles. The Morgan fingerprint density at radius 1 is 0.625 bits per heavy atom. The van der Waals surface area contributed by atoms with E-state index in [1.807, 2.05) is 0 Å². The second-order valence-corrected chi connectivity index (χ2v) is 10.1. The van der Waals surface area contributed by atoms with E-state index in [1.54, 1.807) is 12.1 Å². The van der Waals surface area contributed by atoms with Gasteiger partial charge in [0.1, 0.15) is 41.0 Å². The van der Waals surface area contributed by atoms with Crippen LogP contribution in [0.2, 0.25) is 0 Å². The van der Waals surface area contributed by atoms with Crippen LogP contribution in [0.3, 0.4) is 0 Å². The molecule has 8 N–H and O–H groups in total. The van der Waals surface area contributed by atoms with Crippen molar-refractivity contribution in [3.8, 4) is 51.7 Å². The average Bonchev–Trinajstić information content (AvgIpc) is 2.91. The van der Waals surface area contributed by atoms with Crippen LogP contribution in [0.4, 0.5) is 0 Å². The Morgan fingerprint density at radius 3 is 2.00 bits per heavy atom. The summed E-state index contributed by atoms with van der Waals surface area (Å²) in [4.78, 5) is 0. The first-order valence-corrected chi connectivity index (χ1v) is 12.6. The molecule has 0 saturated heterocycles. The summed E-state index contributed by atoms with van der Waals surface area (Å²) in [5.41, 5.74) is 2.13. The molecular weight excluding hydrogens is 520 g/mol. The van der Waals surface area contributed by atoms with Crippen LogP contribution in [0.1, 0.15) is 52.4 Å². The van der Waals surface area contributed by atoms with Gasteiger partial charge in [-0.1, -0.05) is 18.2 Å². The van der Waals surface area contributed by atoms with Crippen molar-refractivity contribution >= 4 is 0 Å². The van der Waals surface area contributed by atoms with Gasteiger partial charge >= 0.3 is 0 Å². The van der Waals surface area contributed by atoms with Gasteiger partial charge in [0, 0.05) is 41.2 Å². The number of phenolic OH excluding ortho intramolecular Hbond substituents is 7. The van der Waals surface area contributed by atoms with E-state index in [-0.39, 0.29) is 58.7 Å². The zero-order valence-corrected chi connectivity index (χ0v) is 20.9. The quantitative estimate of drug-likeness (QED) is 0.172. The molecule has 0 radical (unpaired) electrons. The number of aliphatic hydroxyl groups excluding tert-OH is 1. The van der Waals surface area contributed by atoms with Crippen LogP contribution in [-0.4, -0.2) is 47.0 Å². The van der Waals surface area contributed by atoms with Crippen molar-refractivity contribution in [1.82, 2.24) is 0 Å². The van der Waals surface area contributed by atoms with Crippen molar-refractivity contribution in [1.29, 1.82) is 0 Å². The number of benzene rings is 4. The van der Waals surface area contributed by atoms with Crippen molar-refractivity contribution in [3.05, 3.63) is 88.5 Å². The predicted molar refractivity (Wildman–Crippen MR) is 140 cm³/mol. The van der Waals surface area contributed by atoms with Gasteiger partial charge in [0.15, 0.2) is 23.0 Å². The van der Waals surface area contributed by atoms with Gasteiger partial charge in [-0.25, -0.2) is 0 Å². The third-order valence-electron chi connectivity index (χ3n) is 7.52. The molecular formula is C30H26O10. The van der Waals surface area contributed by atoms with Crippen LogP contribution in [0, 0.1) is 0 Å². The maximum absolute atomic E-state index is 11.2. The molecule has 4 aromatic rings. The van der Waals surface area contributed by atoms with E-state index in [2.05, 4.69) is 0 Å². The molecule has 3 unspecified atom stereocenters. The number of ether oxygens (including phenoxy) is 2. The maximum atomic E-state index is 11.2. The second kappa shape index (κ2) is 9.35. The van der Waals surface area contributed by atoms with E-state index in [9.17, 15) is 40.9 Å². The molecule has 2 aliphatic heterocycles. The van der Waals surface area contributed by atoms with Gasteiger partial charge in [-0.15, -0.1) is 0 Å². The van der Waals surface area contributed by atoms with Gasteiger partial charge in [-0.2, -0.15) is 0 Å². The third kappa shape index (κ3) is 4.18. The van der Waals surface area contributed by atoms with E-state index in [1.165, 1.54) is 48.5 Å². The minimum atomic E-state index is -1.12. The van der Waals surface area contributed by atoms with Gasteiger partial charge in [0.2, 0.25) is 0 Å². The summed E-state index contributed by atoms with van der Waals surface area (Å²) in [5, 5.41) is 82.6. The fourth-order valence-corrected chi connectivity index (χ4v) is 5.56. The number of rotatable bonds is 3. The van der Waals surface area contributed by atoms with Gasteiger partial charge in [-0.3, -0.25) is 0 Å². The zero-order valence-electron chi connectivity index (χ0n) is 20.9. The Morgan fingerprint density at radius 2 is 1.30 bits per heavy atom. The summed E-state index contributed by atoms with van der Waals surface area (Å²) >= 11 is 0. The van der Waals surface area contributed by atoms with E-state index in [0.717, 1.165) is 0 Å². The first-order valence-electron chi connectivity index (χ1n) is 12.6. The molecule has 40 heavy (non-hydrogen) atoms. The van der Waals surface area contributed by atoms with Crippen LogP contribution in [-0.2, 0) is 6.42 Å². The predicted octanol–water partition coefficient (Wildman–Crippen LogP) is 4.32. The fraction of sp³-hybridized carbons (Fsp3) is 0.200. The zero-order chi connectivity index (χ0) is 28.3. The molecule has 10 nitrogen and oxygen atoms in total. The van der Waals surface area contributed by atoms with Gasteiger partial charge < -0.3 is 50.3 Å². The highest BCUT2D eigenvalue weighted by atomic mass is 16.5. The molecule has 0 bridgehead atoms. The largest absolute Gasteiger partial charge is 0.508 e. The van der Waals surface area contributed by atoms with Crippen molar-refractivity contribution in [3.63, 3.8) is 0 Å². The topological polar surface area (TPSA) is 180 Å². The molecule has 0 fully saturated rings. The van der Waals surface area contributed by atoms with Crippen LogP contribution in [0.25, 0.3) is 0 Å². The molecule has 206 valence electrons. The van der Waals surface area contributed by atoms with E-state index >= 15 is 0 Å². The lowest BCUT2D eigenvalue weighted by Gasteiger charge is -2.37. The highest BCUT2D eigenvalue weighted by Gasteiger charge is 2.40. The molecule has 10 heteroatoms. The Kier molecular flexibility index (Phi) is 5.92. The van der Waals surface area contributed by atoms with Crippen LogP contribution >= 0.6 is 0 Å². The number of aliphatic hydroxyl groups is 1. The normalized spacial score (nSPS) is 21.5. The highest BCUT2D eigenvalue weighted by molar-refractivity contribution is 5.63. The summed E-state index contributed by atoms with van der Waals surface area (Å²) in [6.45, 7) is 0. The van der Waals surface area contributed by atoms with Crippen molar-refractivity contribution in [2.45, 2.75) is 37.1 Å². The first-order chi connectivity index (χ1) is 19.1. The molecule has 2 aliphatic rings. The molecule has 4 aromatic carbocycles. The van der Waals surface area contributed by atoms with E-state index < -0.39 is 30.0 Å². The summed E-state index contributed by atoms with van der Waals surface area (Å²) in [7, 11) is 0. The molecule has 0 amide bonds. The first kappa shape index (κ1) is 25.3. The number of aromatic hydroxyl groups is 7. The smallest absolute Gasteiger partial charge is 0.157 e. The summed E-state index contributed by atoms with van der Waals surface area (Å²) in [5.74, 6) is -2.05. The van der Waals surface area contributed by atoms with E-state index in [0.29, 0.717) is 28.0 Å². The van der Waals surface area contributed by atoms with Crippen molar-refractivity contribution in [2.75, 3.05) is 0 Å². The number of hydrogen-bond donors (Lipinski definition) is 8. The summed E-state index contributed by atoms with van der Waals surface area (Å²) in [6.07, 6.45) is -2.58. The van der Waals surface area contributed by atoms with E-state index in [4.69, 9.17) is 9.47 Å². The summed E-state index contributed by atoms with van der Waals surface area (Å²) < 4.78 is 12.4. The number of phenols is 7. The maximum Gasteiger partial charge on any atom is 0.157 e. The van der Waals surface area contributed by atoms with Crippen LogP contribution < -0.4 is 9.47 Å². The van der Waals surface area contributed by atoms with Gasteiger partial charge in [0.05, 0.1) is 6.10 Å². The Balaban J connectivity index is 1.49. The third-order valence-corrected chi connectivity index (χ3v) is 7.52. The van der Waals surface area contributed by atoms with Crippen LogP contribution in [0.5, 0.6) is 51.7 Å². The lowest BCUT2D eigenvalue weighted by molar-refractivity contribution is 0.0184.